The highest BCUT2D eigenvalue weighted by Crippen LogP contribution is 2.35. The second kappa shape index (κ2) is 17.7. The summed E-state index contributed by atoms with van der Waals surface area (Å²) in [7, 11) is 0. The molecule has 0 bridgehead atoms. The van der Waals surface area contributed by atoms with Gasteiger partial charge in [-0.05, 0) is 119 Å². The number of imide groups is 1. The molecule has 4 amide bonds. The molecule has 4 N–H and O–H groups in total. The predicted octanol–water partition coefficient (Wildman–Crippen LogP) is 5.36. The van der Waals surface area contributed by atoms with Gasteiger partial charge in [0.05, 0.1) is 11.8 Å². The van der Waals surface area contributed by atoms with Crippen LogP contribution in [0.3, 0.4) is 0 Å². The molecule has 5 aliphatic rings. The Balaban J connectivity index is 0.770. The summed E-state index contributed by atoms with van der Waals surface area (Å²) in [6.07, 6.45) is 9.59. The fraction of sp³-hybridized carbons (Fsp3) is 0.545. The third kappa shape index (κ3) is 9.57. The number of aliphatic hydroxyl groups is 1. The molecule has 1 unspecified atom stereocenters. The van der Waals surface area contributed by atoms with Crippen molar-refractivity contribution in [2.75, 3.05) is 54.8 Å². The molecule has 0 radical (unpaired) electrons. The average Bonchev–Trinajstić information content (AvgIpc) is 3.23. The molecule has 8 rings (SSSR count). The fourth-order valence-corrected chi connectivity index (χ4v) is 9.56. The molecule has 0 spiro atoms. The molecule has 5 fully saturated rings. The number of carbonyl (C=O) groups excluding carboxylic acids is 4. The fourth-order valence-electron chi connectivity index (χ4n) is 9.56. The van der Waals surface area contributed by atoms with E-state index in [0.717, 1.165) is 57.3 Å². The van der Waals surface area contributed by atoms with Gasteiger partial charge in [-0.25, -0.2) is 18.7 Å². The lowest BCUT2D eigenvalue weighted by molar-refractivity contribution is -0.141. The van der Waals surface area contributed by atoms with Crippen LogP contribution in [0.1, 0.15) is 95.0 Å². The van der Waals surface area contributed by atoms with E-state index in [1.54, 1.807) is 29.2 Å². The van der Waals surface area contributed by atoms with Crippen molar-refractivity contribution in [3.8, 4) is 11.3 Å². The summed E-state index contributed by atoms with van der Waals surface area (Å²) in [6, 6.07) is 11.7. The van der Waals surface area contributed by atoms with Crippen LogP contribution in [0.4, 0.5) is 26.1 Å². The van der Waals surface area contributed by atoms with Gasteiger partial charge in [0.2, 0.25) is 29.6 Å². The van der Waals surface area contributed by atoms with E-state index in [-0.39, 0.29) is 53.5 Å². The van der Waals surface area contributed by atoms with Gasteiger partial charge >= 0.3 is 0 Å². The van der Waals surface area contributed by atoms with Crippen molar-refractivity contribution in [1.29, 1.82) is 0 Å². The molecule has 4 aliphatic heterocycles. The number of benzene rings is 2. The minimum atomic E-state index is -0.889. The summed E-state index contributed by atoms with van der Waals surface area (Å²) in [5, 5.41) is 20.3. The Morgan fingerprint density at radius 3 is 2.37 bits per heavy atom. The second-order valence-electron chi connectivity index (χ2n) is 17.1. The Labute approximate surface area is 343 Å². The lowest BCUT2D eigenvalue weighted by Gasteiger charge is -2.43. The van der Waals surface area contributed by atoms with Crippen LogP contribution in [0.5, 0.6) is 0 Å². The predicted molar refractivity (Wildman–Crippen MR) is 218 cm³/mol. The highest BCUT2D eigenvalue weighted by molar-refractivity contribution is 6.01. The second-order valence-corrected chi connectivity index (χ2v) is 17.1. The molecule has 3 aromatic rings. The Morgan fingerprint density at radius 1 is 0.864 bits per heavy atom. The van der Waals surface area contributed by atoms with Crippen molar-refractivity contribution in [3.05, 3.63) is 65.9 Å². The molecule has 1 aromatic heterocycles. The first-order valence-electron chi connectivity index (χ1n) is 21.3. The average molecular weight is 813 g/mol. The van der Waals surface area contributed by atoms with Crippen molar-refractivity contribution >= 4 is 41.0 Å². The molecule has 15 heteroatoms. The van der Waals surface area contributed by atoms with Crippen LogP contribution in [0.2, 0.25) is 0 Å². The van der Waals surface area contributed by atoms with Crippen LogP contribution < -0.4 is 20.9 Å². The van der Waals surface area contributed by atoms with Crippen LogP contribution in [0, 0.1) is 17.6 Å². The highest BCUT2D eigenvalue weighted by Gasteiger charge is 2.39. The molecular weight excluding hydrogens is 759 g/mol. The topological polar surface area (TPSA) is 160 Å². The van der Waals surface area contributed by atoms with Crippen LogP contribution in [-0.2, 0) is 19.2 Å². The SMILES string of the molecule is O=C1CCC(Nc2ccc(C3CCN(CC4(O)CCN(C(=O)C5CCC(Nc6ncc(F)c(-c7cccc(N8CCCCC8=O)c7)n6)CC5)CC4)CC3)c(F)c2)C(=O)N1. The van der Waals surface area contributed by atoms with Crippen molar-refractivity contribution < 1.29 is 33.1 Å². The van der Waals surface area contributed by atoms with Gasteiger partial charge < -0.3 is 30.4 Å². The summed E-state index contributed by atoms with van der Waals surface area (Å²) in [4.78, 5) is 64.3. The number of amides is 4. The number of rotatable bonds is 10. The Morgan fingerprint density at radius 2 is 1.64 bits per heavy atom. The highest BCUT2D eigenvalue weighted by atomic mass is 19.1. The van der Waals surface area contributed by atoms with Gasteiger partial charge in [0.1, 0.15) is 17.6 Å². The van der Waals surface area contributed by atoms with Gasteiger partial charge in [0, 0.05) is 67.9 Å². The van der Waals surface area contributed by atoms with Crippen molar-refractivity contribution in [2.24, 2.45) is 5.92 Å². The van der Waals surface area contributed by atoms with Crippen LogP contribution >= 0.6 is 0 Å². The summed E-state index contributed by atoms with van der Waals surface area (Å²) >= 11 is 0. The van der Waals surface area contributed by atoms with Crippen molar-refractivity contribution in [2.45, 2.75) is 107 Å². The number of piperidine rings is 4. The van der Waals surface area contributed by atoms with Gasteiger partial charge in [-0.15, -0.1) is 0 Å². The van der Waals surface area contributed by atoms with E-state index in [4.69, 9.17) is 0 Å². The zero-order valence-corrected chi connectivity index (χ0v) is 33.4. The maximum Gasteiger partial charge on any atom is 0.249 e. The zero-order valence-electron chi connectivity index (χ0n) is 33.4. The quantitative estimate of drug-likeness (QED) is 0.197. The lowest BCUT2D eigenvalue weighted by Crippen LogP contribution is -2.54. The minimum absolute atomic E-state index is 0.0445. The van der Waals surface area contributed by atoms with Gasteiger partial charge in [0.15, 0.2) is 5.82 Å². The zero-order chi connectivity index (χ0) is 41.1. The van der Waals surface area contributed by atoms with E-state index in [2.05, 4.69) is 30.8 Å². The molecule has 2 aromatic carbocycles. The number of likely N-dealkylation sites (tertiary alicyclic amines) is 2. The summed E-state index contributed by atoms with van der Waals surface area (Å²) < 4.78 is 30.3. The monoisotopic (exact) mass is 812 g/mol. The smallest absolute Gasteiger partial charge is 0.249 e. The van der Waals surface area contributed by atoms with Crippen molar-refractivity contribution in [1.82, 2.24) is 25.1 Å². The van der Waals surface area contributed by atoms with E-state index in [1.165, 1.54) is 12.3 Å². The molecule has 1 atom stereocenters. The Kier molecular flexibility index (Phi) is 12.2. The summed E-state index contributed by atoms with van der Waals surface area (Å²) in [6.45, 7) is 3.66. The standard InChI is InChI=1S/C44H54F2N8O5/c45-35-25-32(48-37-13-14-38(55)50-41(37)57)11-12-34(35)28-15-20-52(21-16-28)27-44(59)17-22-53(23-18-44)42(58)29-7-9-31(10-8-29)49-43-47-26-36(46)40(51-43)30-4-3-5-33(24-30)54-19-2-1-6-39(54)56/h3-5,11-12,24-26,28-29,31,37,48,59H,1-2,6-10,13-23,27H2,(H,47,49,51)(H,50,55,57). The van der Waals surface area contributed by atoms with Crippen LogP contribution in [0.25, 0.3) is 11.3 Å². The molecule has 1 aliphatic carbocycles. The lowest BCUT2D eigenvalue weighted by atomic mass is 9.83. The Bertz CT molecular complexity index is 2040. The molecular formula is C44H54F2N8O5. The first-order valence-corrected chi connectivity index (χ1v) is 21.3. The van der Waals surface area contributed by atoms with Gasteiger partial charge in [-0.2, -0.15) is 0 Å². The van der Waals surface area contributed by atoms with E-state index in [9.17, 15) is 24.3 Å². The first kappa shape index (κ1) is 40.7. The first-order chi connectivity index (χ1) is 28.5. The number of hydrogen-bond acceptors (Lipinski definition) is 10. The van der Waals surface area contributed by atoms with Gasteiger partial charge in [0.25, 0.3) is 0 Å². The third-order valence-electron chi connectivity index (χ3n) is 13.0. The molecule has 59 heavy (non-hydrogen) atoms. The maximum atomic E-state index is 15.3. The summed E-state index contributed by atoms with van der Waals surface area (Å²) in [5.74, 6) is -1.04. The normalized spacial score (nSPS) is 24.5. The molecule has 13 nitrogen and oxygen atoms in total. The number of anilines is 3. The number of β-amino-alcohol motifs (C(OH)–C–C–N with tert-alkyl or cyclic N) is 1. The van der Waals surface area contributed by atoms with E-state index in [1.807, 2.05) is 17.0 Å². The number of nitrogens with zero attached hydrogens (tertiary/aromatic N) is 5. The minimum Gasteiger partial charge on any atom is -0.388 e. The summed E-state index contributed by atoms with van der Waals surface area (Å²) in [5.41, 5.74) is 1.76. The van der Waals surface area contributed by atoms with Gasteiger partial charge in [-0.1, -0.05) is 18.2 Å². The molecule has 1 saturated carbocycles. The van der Waals surface area contributed by atoms with Crippen molar-refractivity contribution in [3.63, 3.8) is 0 Å². The molecule has 4 saturated heterocycles. The third-order valence-corrected chi connectivity index (χ3v) is 13.0. The Hall–Kier alpha value is -5.02. The number of aromatic nitrogens is 2. The van der Waals surface area contributed by atoms with E-state index >= 15 is 8.78 Å². The van der Waals surface area contributed by atoms with Crippen LogP contribution in [0.15, 0.2) is 48.7 Å². The maximum absolute atomic E-state index is 15.3. The number of halogens is 2. The van der Waals surface area contributed by atoms with E-state index < -0.39 is 23.4 Å². The molecule has 5 heterocycles. The molecule has 314 valence electrons. The van der Waals surface area contributed by atoms with Gasteiger partial charge in [-0.3, -0.25) is 24.5 Å². The van der Waals surface area contributed by atoms with Crippen LogP contribution in [-0.4, -0.2) is 105 Å². The number of nitrogens with one attached hydrogen (secondary N) is 3. The number of hydrogen-bond donors (Lipinski definition) is 4. The van der Waals surface area contributed by atoms with E-state index in [0.29, 0.717) is 87.5 Å². The number of carbonyl (C=O) groups is 4. The largest absolute Gasteiger partial charge is 0.388 e.